The number of carbonyl (C=O) groups excluding carboxylic acids is 2. The SMILES string of the molecule is Cc1c(Cl)ccc(NC(=O)C(C)CCCNC(=O)OC(C)(C)C)c1N. The number of halogens is 1. The first-order chi connectivity index (χ1) is 11.5. The summed E-state index contributed by atoms with van der Waals surface area (Å²) in [6, 6.07) is 3.40. The van der Waals surface area contributed by atoms with Crippen molar-refractivity contribution < 1.29 is 14.3 Å². The molecule has 1 aromatic rings. The van der Waals surface area contributed by atoms with E-state index in [4.69, 9.17) is 22.1 Å². The average Bonchev–Trinajstić information content (AvgIpc) is 2.50. The van der Waals surface area contributed by atoms with Crippen LogP contribution < -0.4 is 16.4 Å². The van der Waals surface area contributed by atoms with Crippen LogP contribution in [0.3, 0.4) is 0 Å². The van der Waals surface area contributed by atoms with Gasteiger partial charge in [-0.05, 0) is 58.2 Å². The second-order valence-corrected chi connectivity index (χ2v) is 7.50. The molecular formula is C18H28ClN3O3. The van der Waals surface area contributed by atoms with Crippen LogP contribution in [0.15, 0.2) is 12.1 Å². The molecule has 1 unspecified atom stereocenters. The van der Waals surface area contributed by atoms with Gasteiger partial charge >= 0.3 is 6.09 Å². The average molecular weight is 370 g/mol. The molecule has 2 amide bonds. The molecule has 0 aliphatic heterocycles. The van der Waals surface area contributed by atoms with Gasteiger partial charge in [0.05, 0.1) is 11.4 Å². The van der Waals surface area contributed by atoms with Crippen LogP contribution in [0.5, 0.6) is 0 Å². The Bertz CT molecular complexity index is 627. The van der Waals surface area contributed by atoms with E-state index in [0.29, 0.717) is 35.8 Å². The molecular weight excluding hydrogens is 342 g/mol. The van der Waals surface area contributed by atoms with Crippen molar-refractivity contribution in [3.8, 4) is 0 Å². The monoisotopic (exact) mass is 369 g/mol. The quantitative estimate of drug-likeness (QED) is 0.519. The van der Waals surface area contributed by atoms with E-state index in [1.807, 2.05) is 27.7 Å². The highest BCUT2D eigenvalue weighted by Crippen LogP contribution is 2.29. The molecule has 0 radical (unpaired) electrons. The van der Waals surface area contributed by atoms with E-state index in [9.17, 15) is 9.59 Å². The third-order valence-electron chi connectivity index (χ3n) is 3.64. The Hall–Kier alpha value is -1.95. The van der Waals surface area contributed by atoms with Crippen molar-refractivity contribution in [3.63, 3.8) is 0 Å². The van der Waals surface area contributed by atoms with E-state index < -0.39 is 11.7 Å². The zero-order valence-corrected chi connectivity index (χ0v) is 16.3. The first kappa shape index (κ1) is 21.1. The molecule has 4 N–H and O–H groups in total. The van der Waals surface area contributed by atoms with Gasteiger partial charge in [-0.3, -0.25) is 4.79 Å². The van der Waals surface area contributed by atoms with Gasteiger partial charge in [0.25, 0.3) is 0 Å². The van der Waals surface area contributed by atoms with Gasteiger partial charge in [0, 0.05) is 17.5 Å². The molecule has 1 rings (SSSR count). The molecule has 1 atom stereocenters. The normalized spacial score (nSPS) is 12.4. The smallest absolute Gasteiger partial charge is 0.407 e. The fraction of sp³-hybridized carbons (Fsp3) is 0.556. The van der Waals surface area contributed by atoms with Gasteiger partial charge in [-0.1, -0.05) is 18.5 Å². The number of nitrogens with one attached hydrogen (secondary N) is 2. The van der Waals surface area contributed by atoms with Crippen LogP contribution in [0, 0.1) is 12.8 Å². The van der Waals surface area contributed by atoms with E-state index >= 15 is 0 Å². The summed E-state index contributed by atoms with van der Waals surface area (Å²) in [7, 11) is 0. The van der Waals surface area contributed by atoms with Gasteiger partial charge in [0.15, 0.2) is 0 Å². The molecule has 1 aromatic carbocycles. The van der Waals surface area contributed by atoms with E-state index in [1.54, 1.807) is 19.1 Å². The summed E-state index contributed by atoms with van der Waals surface area (Å²) in [4.78, 5) is 23.8. The Kier molecular flexibility index (Phi) is 7.55. The van der Waals surface area contributed by atoms with Crippen LogP contribution in [0.4, 0.5) is 16.2 Å². The molecule has 0 heterocycles. The number of carbonyl (C=O) groups is 2. The number of hydrogen-bond acceptors (Lipinski definition) is 4. The van der Waals surface area contributed by atoms with Gasteiger partial charge in [-0.15, -0.1) is 0 Å². The minimum absolute atomic E-state index is 0.120. The summed E-state index contributed by atoms with van der Waals surface area (Å²) in [5.74, 6) is -0.332. The summed E-state index contributed by atoms with van der Waals surface area (Å²) in [6.07, 6.45) is 0.853. The zero-order chi connectivity index (χ0) is 19.2. The van der Waals surface area contributed by atoms with Gasteiger partial charge in [0.1, 0.15) is 5.60 Å². The lowest BCUT2D eigenvalue weighted by atomic mass is 10.0. The maximum absolute atomic E-state index is 12.3. The predicted octanol–water partition coefficient (Wildman–Crippen LogP) is 4.11. The van der Waals surface area contributed by atoms with E-state index in [1.165, 1.54) is 0 Å². The Balaban J connectivity index is 2.40. The molecule has 0 saturated carbocycles. The summed E-state index contributed by atoms with van der Waals surface area (Å²) in [6.45, 7) is 9.52. The first-order valence-electron chi connectivity index (χ1n) is 8.33. The molecule has 6 nitrogen and oxygen atoms in total. The lowest BCUT2D eigenvalue weighted by Crippen LogP contribution is -2.33. The minimum atomic E-state index is -0.520. The highest BCUT2D eigenvalue weighted by molar-refractivity contribution is 6.32. The van der Waals surface area contributed by atoms with Crippen LogP contribution >= 0.6 is 11.6 Å². The topological polar surface area (TPSA) is 93.5 Å². The van der Waals surface area contributed by atoms with Gasteiger partial charge in [0.2, 0.25) is 5.91 Å². The first-order valence-corrected chi connectivity index (χ1v) is 8.71. The number of anilines is 2. The number of alkyl carbamates (subject to hydrolysis) is 1. The van der Waals surface area contributed by atoms with Crippen molar-refractivity contribution in [3.05, 3.63) is 22.7 Å². The lowest BCUT2D eigenvalue weighted by Gasteiger charge is -2.20. The molecule has 0 aromatic heterocycles. The van der Waals surface area contributed by atoms with Crippen molar-refractivity contribution in [2.45, 2.75) is 53.1 Å². The van der Waals surface area contributed by atoms with Crippen LogP contribution in [-0.2, 0) is 9.53 Å². The Morgan fingerprint density at radius 2 is 1.96 bits per heavy atom. The summed E-state index contributed by atoms with van der Waals surface area (Å²) >= 11 is 6.00. The van der Waals surface area contributed by atoms with Gasteiger partial charge in [-0.2, -0.15) is 0 Å². The number of hydrogen-bond donors (Lipinski definition) is 3. The fourth-order valence-electron chi connectivity index (χ4n) is 2.11. The van der Waals surface area contributed by atoms with Crippen molar-refractivity contribution >= 4 is 35.0 Å². The van der Waals surface area contributed by atoms with E-state index in [-0.39, 0.29) is 11.8 Å². The van der Waals surface area contributed by atoms with Gasteiger partial charge in [-0.25, -0.2) is 4.79 Å². The third-order valence-corrected chi connectivity index (χ3v) is 4.05. The minimum Gasteiger partial charge on any atom is -0.444 e. The molecule has 0 bridgehead atoms. The summed E-state index contributed by atoms with van der Waals surface area (Å²) < 4.78 is 5.15. The number of amides is 2. The maximum Gasteiger partial charge on any atom is 0.407 e. The summed E-state index contributed by atoms with van der Waals surface area (Å²) in [5, 5.41) is 6.07. The van der Waals surface area contributed by atoms with Crippen LogP contribution in [-0.4, -0.2) is 24.1 Å². The van der Waals surface area contributed by atoms with Gasteiger partial charge < -0.3 is 21.1 Å². The fourth-order valence-corrected chi connectivity index (χ4v) is 2.28. The van der Waals surface area contributed by atoms with Crippen LogP contribution in [0.2, 0.25) is 5.02 Å². The van der Waals surface area contributed by atoms with Crippen molar-refractivity contribution in [1.29, 1.82) is 0 Å². The predicted molar refractivity (Wildman–Crippen MR) is 102 cm³/mol. The number of nitrogens with two attached hydrogens (primary N) is 1. The number of nitrogen functional groups attached to an aromatic ring is 1. The highest BCUT2D eigenvalue weighted by atomic mass is 35.5. The maximum atomic E-state index is 12.3. The summed E-state index contributed by atoms with van der Waals surface area (Å²) in [5.41, 5.74) is 7.23. The largest absolute Gasteiger partial charge is 0.444 e. The Morgan fingerprint density at radius 1 is 1.32 bits per heavy atom. The number of rotatable bonds is 6. The van der Waals surface area contributed by atoms with Crippen LogP contribution in [0.1, 0.15) is 46.1 Å². The highest BCUT2D eigenvalue weighted by Gasteiger charge is 2.17. The van der Waals surface area contributed by atoms with E-state index in [0.717, 1.165) is 5.56 Å². The second kappa shape index (κ2) is 8.94. The molecule has 25 heavy (non-hydrogen) atoms. The Morgan fingerprint density at radius 3 is 2.56 bits per heavy atom. The number of ether oxygens (including phenoxy) is 1. The lowest BCUT2D eigenvalue weighted by molar-refractivity contribution is -0.119. The molecule has 0 saturated heterocycles. The Labute approximate surface area is 154 Å². The van der Waals surface area contributed by atoms with E-state index in [2.05, 4.69) is 10.6 Å². The molecule has 140 valence electrons. The van der Waals surface area contributed by atoms with Crippen molar-refractivity contribution in [2.75, 3.05) is 17.6 Å². The molecule has 7 heteroatoms. The second-order valence-electron chi connectivity index (χ2n) is 7.09. The molecule has 0 spiro atoms. The molecule has 0 aliphatic carbocycles. The molecule has 0 aliphatic rings. The zero-order valence-electron chi connectivity index (χ0n) is 15.5. The molecule has 0 fully saturated rings. The third kappa shape index (κ3) is 7.22. The standard InChI is InChI=1S/C18H28ClN3O3/c1-11(7-6-10-21-17(24)25-18(3,4)5)16(23)22-14-9-8-13(19)12(2)15(14)20/h8-9,11H,6-7,10,20H2,1-5H3,(H,21,24)(H,22,23). The van der Waals surface area contributed by atoms with Crippen molar-refractivity contribution in [2.24, 2.45) is 5.92 Å². The number of benzene rings is 1. The van der Waals surface area contributed by atoms with Crippen LogP contribution in [0.25, 0.3) is 0 Å². The van der Waals surface area contributed by atoms with Crippen molar-refractivity contribution in [1.82, 2.24) is 5.32 Å².